The average molecular weight is 425 g/mol. The van der Waals surface area contributed by atoms with Crippen molar-refractivity contribution in [2.24, 2.45) is 28.6 Å². The van der Waals surface area contributed by atoms with Crippen LogP contribution in [0.5, 0.6) is 0 Å². The Morgan fingerprint density at radius 3 is 2.55 bits per heavy atom. The largest absolute Gasteiger partial charge is 0.508 e. The van der Waals surface area contributed by atoms with Crippen molar-refractivity contribution in [1.29, 1.82) is 0 Å². The predicted molar refractivity (Wildman–Crippen MR) is 106 cm³/mol. The second-order valence-corrected chi connectivity index (χ2v) is 10.5. The first kappa shape index (κ1) is 21.0. The summed E-state index contributed by atoms with van der Waals surface area (Å²) < 4.78 is 0. The van der Waals surface area contributed by atoms with Gasteiger partial charge in [0.05, 0.1) is 16.4 Å². The number of carbonyl (C=O) groups is 2. The number of Topliss-reactive ketones (excluding diaryl/α,β-unsaturated/α-hetero) is 1. The van der Waals surface area contributed by atoms with Crippen LogP contribution in [-0.2, 0) is 9.59 Å². The molecule has 0 aliphatic heterocycles. The van der Waals surface area contributed by atoms with E-state index < -0.39 is 45.7 Å². The molecule has 0 heterocycles. The molecule has 0 spiro atoms. The Bertz CT molecular complexity index is 850. The van der Waals surface area contributed by atoms with Crippen LogP contribution in [0.15, 0.2) is 23.5 Å². The van der Waals surface area contributed by atoms with Crippen molar-refractivity contribution < 1.29 is 30.0 Å². The molecule has 8 atom stereocenters. The molecule has 6 nitrogen and oxygen atoms in total. The third kappa shape index (κ3) is 2.19. The number of aliphatic hydroxyl groups excluding tert-OH is 3. The molecule has 4 aliphatic rings. The van der Waals surface area contributed by atoms with E-state index in [0.29, 0.717) is 24.8 Å². The summed E-state index contributed by atoms with van der Waals surface area (Å²) in [5, 5.41) is 42.3. The first-order chi connectivity index (χ1) is 13.4. The van der Waals surface area contributed by atoms with E-state index in [1.165, 1.54) is 6.08 Å². The van der Waals surface area contributed by atoms with Crippen LogP contribution in [0.1, 0.15) is 46.5 Å². The van der Waals surface area contributed by atoms with E-state index in [1.54, 1.807) is 26.8 Å². The van der Waals surface area contributed by atoms with Gasteiger partial charge in [-0.05, 0) is 56.4 Å². The first-order valence-electron chi connectivity index (χ1n) is 10.3. The van der Waals surface area contributed by atoms with Crippen molar-refractivity contribution in [3.63, 3.8) is 0 Å². The van der Waals surface area contributed by atoms with Gasteiger partial charge in [-0.15, -0.1) is 11.6 Å². The molecular weight excluding hydrogens is 396 g/mol. The van der Waals surface area contributed by atoms with Gasteiger partial charge in [-0.1, -0.05) is 19.4 Å². The molecule has 29 heavy (non-hydrogen) atoms. The molecule has 7 heteroatoms. The number of ketones is 2. The highest BCUT2D eigenvalue weighted by Crippen LogP contribution is 2.71. The molecule has 0 saturated heterocycles. The highest BCUT2D eigenvalue weighted by atomic mass is 35.5. The van der Waals surface area contributed by atoms with E-state index in [2.05, 4.69) is 0 Å². The summed E-state index contributed by atoms with van der Waals surface area (Å²) in [5.41, 5.74) is -3.17. The quantitative estimate of drug-likeness (QED) is 0.504. The first-order valence-corrected chi connectivity index (χ1v) is 10.7. The van der Waals surface area contributed by atoms with Crippen molar-refractivity contribution in [3.8, 4) is 0 Å². The van der Waals surface area contributed by atoms with Crippen molar-refractivity contribution in [2.45, 2.75) is 63.0 Å². The van der Waals surface area contributed by atoms with Crippen LogP contribution in [0.2, 0.25) is 0 Å². The Labute approximate surface area is 175 Å². The maximum absolute atomic E-state index is 13.1. The van der Waals surface area contributed by atoms with Crippen molar-refractivity contribution in [3.05, 3.63) is 23.5 Å². The van der Waals surface area contributed by atoms with E-state index in [-0.39, 0.29) is 29.8 Å². The summed E-state index contributed by atoms with van der Waals surface area (Å²) in [6, 6.07) is 0. The van der Waals surface area contributed by atoms with Gasteiger partial charge in [0.1, 0.15) is 18.0 Å². The molecule has 0 unspecified atom stereocenters. The standard InChI is InChI=1S/C22H29ClO6/c1-11-6-15-14-5-4-12-7-13(25)8-16(26)20(12,3)21(14,23)17(27)9-19(15,2)22(11,29)18(28)10-24/h7-8,11,14-15,17,24-25,27,29H,4-6,9-10H2,1-3H3/t11-,14-,15-,17-,19-,20-,21-,22-/m0/s1. The van der Waals surface area contributed by atoms with Crippen LogP contribution in [-0.4, -0.2) is 55.2 Å². The Hall–Kier alpha value is -1.21. The Morgan fingerprint density at radius 2 is 1.93 bits per heavy atom. The van der Waals surface area contributed by atoms with E-state index in [4.69, 9.17) is 11.6 Å². The van der Waals surface area contributed by atoms with Crippen molar-refractivity contribution in [2.75, 3.05) is 6.61 Å². The number of hydrogen-bond donors (Lipinski definition) is 4. The fourth-order valence-electron chi connectivity index (χ4n) is 7.36. The third-order valence-electron chi connectivity index (χ3n) is 8.93. The van der Waals surface area contributed by atoms with Crippen LogP contribution in [0, 0.1) is 28.6 Å². The van der Waals surface area contributed by atoms with E-state index >= 15 is 0 Å². The number of hydrogen-bond acceptors (Lipinski definition) is 6. The Balaban J connectivity index is 1.86. The third-order valence-corrected chi connectivity index (χ3v) is 9.84. The molecule has 4 N–H and O–H groups in total. The number of aliphatic hydroxyl groups is 4. The molecule has 0 bridgehead atoms. The van der Waals surface area contributed by atoms with Gasteiger partial charge in [0, 0.05) is 11.5 Å². The molecule has 3 fully saturated rings. The molecule has 3 saturated carbocycles. The molecule has 0 aromatic carbocycles. The fraction of sp³-hybridized carbons (Fsp3) is 0.727. The lowest BCUT2D eigenvalue weighted by atomic mass is 9.45. The summed E-state index contributed by atoms with van der Waals surface area (Å²) >= 11 is 7.23. The van der Waals surface area contributed by atoms with Gasteiger partial charge in [-0.3, -0.25) is 9.59 Å². The Morgan fingerprint density at radius 1 is 1.28 bits per heavy atom. The number of allylic oxidation sites excluding steroid dienone is 3. The predicted octanol–water partition coefficient (Wildman–Crippen LogP) is 2.05. The molecular formula is C22H29ClO6. The molecule has 0 aromatic heterocycles. The van der Waals surface area contributed by atoms with Crippen LogP contribution in [0.4, 0.5) is 0 Å². The van der Waals surface area contributed by atoms with Gasteiger partial charge in [0.2, 0.25) is 0 Å². The van der Waals surface area contributed by atoms with Gasteiger partial charge in [-0.2, -0.15) is 0 Å². The van der Waals surface area contributed by atoms with Crippen LogP contribution >= 0.6 is 11.6 Å². The minimum atomic E-state index is -1.75. The number of rotatable bonds is 2. The van der Waals surface area contributed by atoms with Crippen LogP contribution in [0.3, 0.4) is 0 Å². The monoisotopic (exact) mass is 424 g/mol. The minimum Gasteiger partial charge on any atom is -0.508 e. The molecule has 4 aliphatic carbocycles. The van der Waals surface area contributed by atoms with Gasteiger partial charge < -0.3 is 20.4 Å². The van der Waals surface area contributed by atoms with Gasteiger partial charge in [-0.25, -0.2) is 0 Å². The van der Waals surface area contributed by atoms with E-state index in [9.17, 15) is 30.0 Å². The molecule has 0 aromatic rings. The number of fused-ring (bicyclic) bond motifs is 5. The fourth-order valence-corrected chi connectivity index (χ4v) is 7.91. The lowest BCUT2D eigenvalue weighted by Crippen LogP contribution is -2.70. The lowest BCUT2D eigenvalue weighted by molar-refractivity contribution is -0.182. The summed E-state index contributed by atoms with van der Waals surface area (Å²) in [5.74, 6) is -1.96. The number of halogens is 1. The van der Waals surface area contributed by atoms with Crippen LogP contribution in [0.25, 0.3) is 0 Å². The molecule has 160 valence electrons. The highest BCUT2D eigenvalue weighted by molar-refractivity contribution is 6.28. The maximum Gasteiger partial charge on any atom is 0.190 e. The number of carbonyl (C=O) groups excluding carboxylic acids is 2. The summed E-state index contributed by atoms with van der Waals surface area (Å²) in [4.78, 5) is 24.4. The highest BCUT2D eigenvalue weighted by Gasteiger charge is 2.75. The van der Waals surface area contributed by atoms with Gasteiger partial charge in [0.15, 0.2) is 11.6 Å². The van der Waals surface area contributed by atoms with E-state index in [0.717, 1.165) is 0 Å². The second-order valence-electron chi connectivity index (χ2n) is 9.87. The normalized spacial score (nSPS) is 51.5. The van der Waals surface area contributed by atoms with Crippen molar-refractivity contribution in [1.82, 2.24) is 0 Å². The SMILES string of the molecule is C[C@H]1C[C@H]2[C@@H]3CCC4=CC(O)=CC(=O)[C@@]4(C)[C@@]3(Cl)[C@@H](O)C[C@]2(C)[C@@]1(O)C(=O)CO. The van der Waals surface area contributed by atoms with Crippen LogP contribution < -0.4 is 0 Å². The van der Waals surface area contributed by atoms with Gasteiger partial charge in [0.25, 0.3) is 0 Å². The average Bonchev–Trinajstić information content (AvgIpc) is 2.85. The zero-order chi connectivity index (χ0) is 21.6. The molecule has 4 rings (SSSR count). The maximum atomic E-state index is 13.1. The zero-order valence-electron chi connectivity index (χ0n) is 17.0. The zero-order valence-corrected chi connectivity index (χ0v) is 17.7. The summed E-state index contributed by atoms with van der Waals surface area (Å²) in [6.07, 6.45) is 3.29. The minimum absolute atomic E-state index is 0.0517. The van der Waals surface area contributed by atoms with Crippen molar-refractivity contribution >= 4 is 23.2 Å². The topological polar surface area (TPSA) is 115 Å². The molecule has 0 amide bonds. The van der Waals surface area contributed by atoms with E-state index in [1.807, 2.05) is 0 Å². The lowest BCUT2D eigenvalue weighted by Gasteiger charge is -2.63. The van der Waals surface area contributed by atoms with Gasteiger partial charge >= 0.3 is 0 Å². The molecule has 0 radical (unpaired) electrons. The smallest absolute Gasteiger partial charge is 0.190 e. The summed E-state index contributed by atoms with van der Waals surface area (Å²) in [6.45, 7) is 4.57. The Kier molecular flexibility index (Phi) is 4.47. The number of alkyl halides is 1. The second kappa shape index (κ2) is 6.16. The summed E-state index contributed by atoms with van der Waals surface area (Å²) in [7, 11) is 0.